The molecule has 0 amide bonds. The zero-order chi connectivity index (χ0) is 55.7. The van der Waals surface area contributed by atoms with Crippen molar-refractivity contribution in [2.24, 2.45) is 0 Å². The minimum absolute atomic E-state index is 0.519. The summed E-state index contributed by atoms with van der Waals surface area (Å²) in [5.74, 6) is 1.04. The molecule has 6 heteroatoms. The number of anilines is 6. The van der Waals surface area contributed by atoms with Crippen molar-refractivity contribution in [1.29, 1.82) is 0 Å². The Morgan fingerprint density at radius 3 is 1.05 bits per heavy atom. The van der Waals surface area contributed by atoms with Crippen molar-refractivity contribution in [3.8, 4) is 45.2 Å². The third-order valence-electron chi connectivity index (χ3n) is 17.8. The van der Waals surface area contributed by atoms with E-state index in [1.165, 1.54) is 43.8 Å². The smallest absolute Gasteiger partial charge is 0.227 e. The van der Waals surface area contributed by atoms with E-state index in [0.29, 0.717) is 22.9 Å². The number of hydrogen-bond acceptors (Lipinski definition) is 6. The van der Waals surface area contributed by atoms with Crippen molar-refractivity contribution < 1.29 is 8.83 Å². The Hall–Kier alpha value is -11.3. The lowest BCUT2D eigenvalue weighted by molar-refractivity contribution is 0.616. The second-order valence-electron chi connectivity index (χ2n) is 22.3. The van der Waals surface area contributed by atoms with Gasteiger partial charge in [0.2, 0.25) is 11.8 Å². The van der Waals surface area contributed by atoms with E-state index >= 15 is 0 Å². The minimum atomic E-state index is -0.940. The summed E-state index contributed by atoms with van der Waals surface area (Å²) in [6, 6.07) is 105. The number of aromatic nitrogens is 2. The van der Waals surface area contributed by atoms with Gasteiger partial charge in [0.25, 0.3) is 0 Å². The first-order chi connectivity index (χ1) is 42.2. The van der Waals surface area contributed by atoms with Crippen LogP contribution in [0.1, 0.15) is 22.3 Å². The van der Waals surface area contributed by atoms with E-state index < -0.39 is 5.41 Å². The van der Waals surface area contributed by atoms with E-state index in [1.807, 2.05) is 36.4 Å². The first-order valence-corrected chi connectivity index (χ1v) is 29.0. The molecule has 6 nitrogen and oxygen atoms in total. The van der Waals surface area contributed by atoms with Gasteiger partial charge in [-0.3, -0.25) is 0 Å². The zero-order valence-electron chi connectivity index (χ0n) is 45.8. The van der Waals surface area contributed by atoms with E-state index in [9.17, 15) is 0 Å². The molecule has 0 bridgehead atoms. The molecule has 0 atom stereocenters. The third kappa shape index (κ3) is 6.82. The van der Waals surface area contributed by atoms with Crippen LogP contribution >= 0.6 is 0 Å². The molecule has 16 aromatic rings. The summed E-state index contributed by atoms with van der Waals surface area (Å²) in [7, 11) is 0. The quantitative estimate of drug-likeness (QED) is 0.141. The van der Waals surface area contributed by atoms with E-state index in [-0.39, 0.29) is 0 Å². The zero-order valence-corrected chi connectivity index (χ0v) is 45.8. The van der Waals surface area contributed by atoms with E-state index in [1.54, 1.807) is 0 Å². The molecule has 18 rings (SSSR count). The van der Waals surface area contributed by atoms with Gasteiger partial charge in [-0.1, -0.05) is 218 Å². The van der Waals surface area contributed by atoms with Crippen molar-refractivity contribution in [2.75, 3.05) is 9.80 Å². The molecule has 0 aliphatic heterocycles. The van der Waals surface area contributed by atoms with Crippen molar-refractivity contribution in [1.82, 2.24) is 9.97 Å². The number of rotatable bonds is 8. The molecule has 0 N–H and O–H groups in total. The fourth-order valence-electron chi connectivity index (χ4n) is 14.3. The van der Waals surface area contributed by atoms with Gasteiger partial charge in [-0.05, 0) is 138 Å². The summed E-state index contributed by atoms with van der Waals surface area (Å²) < 4.78 is 15.2. The Morgan fingerprint density at radius 1 is 0.282 bits per heavy atom. The molecule has 2 heterocycles. The Labute approximate surface area is 489 Å². The van der Waals surface area contributed by atoms with Crippen molar-refractivity contribution >= 4 is 99.4 Å². The topological polar surface area (TPSA) is 58.5 Å². The number of nitrogens with zero attached hydrogens (tertiary/aromatic N) is 4. The maximum absolute atomic E-state index is 7.59. The molecule has 85 heavy (non-hydrogen) atoms. The highest BCUT2D eigenvalue weighted by Gasteiger charge is 2.55. The van der Waals surface area contributed by atoms with Gasteiger partial charge >= 0.3 is 0 Å². The van der Waals surface area contributed by atoms with E-state index in [4.69, 9.17) is 18.8 Å². The van der Waals surface area contributed by atoms with Gasteiger partial charge in [-0.25, -0.2) is 9.97 Å². The molecule has 14 aromatic carbocycles. The normalized spacial score (nSPS) is 12.8. The van der Waals surface area contributed by atoms with Crippen LogP contribution in [0.2, 0.25) is 0 Å². The molecule has 2 aromatic heterocycles. The Balaban J connectivity index is 1.04. The summed E-state index contributed by atoms with van der Waals surface area (Å²) in [6.45, 7) is 0. The number of benzene rings is 14. The third-order valence-corrected chi connectivity index (χ3v) is 17.8. The Kier molecular flexibility index (Phi) is 10.2. The lowest BCUT2D eigenvalue weighted by Gasteiger charge is -2.33. The lowest BCUT2D eigenvalue weighted by Crippen LogP contribution is -2.26. The summed E-state index contributed by atoms with van der Waals surface area (Å²) in [4.78, 5) is 16.2. The Morgan fingerprint density at radius 2 is 0.624 bits per heavy atom. The van der Waals surface area contributed by atoms with Crippen LogP contribution in [0.25, 0.3) is 110 Å². The average molecular weight is 1090 g/mol. The van der Waals surface area contributed by atoms with Crippen LogP contribution in [0.4, 0.5) is 34.1 Å². The molecular weight excluding hydrogens is 1040 g/mol. The number of para-hydroxylation sites is 2. The first kappa shape index (κ1) is 47.3. The van der Waals surface area contributed by atoms with Gasteiger partial charge in [0.1, 0.15) is 11.0 Å². The van der Waals surface area contributed by atoms with Crippen LogP contribution < -0.4 is 9.80 Å². The van der Waals surface area contributed by atoms with Crippen LogP contribution in [0.15, 0.2) is 300 Å². The van der Waals surface area contributed by atoms with Gasteiger partial charge in [0.15, 0.2) is 11.2 Å². The maximum Gasteiger partial charge on any atom is 0.227 e. The molecule has 2 aliphatic rings. The minimum Gasteiger partial charge on any atom is -0.435 e. The SMILES string of the molecule is c1ccc(-c2nc3c(N(c4ccccc4)c4cc5ccccc5c5ccccc45)cc4c(c3o2)-c2c(cc(N(c3ccccc3)c3cc5ccccc5c5ccccc35)c3nc(-c5ccccc5)oc23)C42c3ccccc3-c3ccccc32)cc1. The highest BCUT2D eigenvalue weighted by atomic mass is 16.4. The Bertz CT molecular complexity index is 5050. The molecule has 0 saturated heterocycles. The van der Waals surface area contributed by atoms with Gasteiger partial charge < -0.3 is 18.6 Å². The van der Waals surface area contributed by atoms with Gasteiger partial charge in [0.05, 0.1) is 28.2 Å². The van der Waals surface area contributed by atoms with Crippen LogP contribution in [0.3, 0.4) is 0 Å². The van der Waals surface area contributed by atoms with E-state index in [2.05, 4.69) is 265 Å². The van der Waals surface area contributed by atoms with Crippen molar-refractivity contribution in [2.45, 2.75) is 5.41 Å². The second-order valence-corrected chi connectivity index (χ2v) is 22.3. The molecule has 0 unspecified atom stereocenters. The molecule has 0 radical (unpaired) electrons. The molecule has 2 aliphatic carbocycles. The molecule has 0 fully saturated rings. The summed E-state index contributed by atoms with van der Waals surface area (Å²) >= 11 is 0. The average Bonchev–Trinajstić information content (AvgIpc) is 1.60. The van der Waals surface area contributed by atoms with Crippen molar-refractivity contribution in [3.63, 3.8) is 0 Å². The highest BCUT2D eigenvalue weighted by molar-refractivity contribution is 6.20. The summed E-state index contributed by atoms with van der Waals surface area (Å²) in [5, 5.41) is 9.22. The number of oxazole rings is 2. The van der Waals surface area contributed by atoms with Crippen LogP contribution in [-0.2, 0) is 5.41 Å². The standard InChI is InChI=1S/C79H48N4O2/c1-5-25-49(26-6-1)77-80-73-69(82(53-31-9-3-10-32-53)67-45-51-29-13-15-35-55(51)57-37-17-19-41-61(57)67)47-65-71(75(73)84-77)72-66(79(65)63-43-23-21-39-59(63)60-40-22-24-44-64(60)79)48-70(74-76(72)85-78(81-74)50-27-7-2-8-28-50)83(54-33-11-4-12-34-54)68-46-52-30-14-16-36-56(52)58-38-18-20-42-62(58)68/h1-48H. The highest BCUT2D eigenvalue weighted by Crippen LogP contribution is 2.67. The number of fused-ring (bicyclic) bond motifs is 20. The van der Waals surface area contributed by atoms with Crippen LogP contribution in [0.5, 0.6) is 0 Å². The van der Waals surface area contributed by atoms with Crippen LogP contribution in [0, 0.1) is 0 Å². The fraction of sp³-hybridized carbons (Fsp3) is 0.0127. The molecule has 1 spiro atoms. The first-order valence-electron chi connectivity index (χ1n) is 29.0. The van der Waals surface area contributed by atoms with Crippen LogP contribution in [-0.4, -0.2) is 9.97 Å². The van der Waals surface area contributed by atoms with Gasteiger partial charge in [-0.2, -0.15) is 0 Å². The van der Waals surface area contributed by atoms with Gasteiger partial charge in [0, 0.05) is 44.4 Å². The largest absolute Gasteiger partial charge is 0.435 e. The summed E-state index contributed by atoms with van der Waals surface area (Å²) in [6.07, 6.45) is 0. The maximum atomic E-state index is 7.59. The monoisotopic (exact) mass is 1080 g/mol. The van der Waals surface area contributed by atoms with E-state index in [0.717, 1.165) is 100 Å². The molecule has 396 valence electrons. The second kappa shape index (κ2) is 18.3. The predicted octanol–water partition coefficient (Wildman–Crippen LogP) is 21.2. The number of hydrogen-bond donors (Lipinski definition) is 0. The molecular formula is C79H48N4O2. The molecule has 0 saturated carbocycles. The lowest BCUT2D eigenvalue weighted by atomic mass is 9.70. The van der Waals surface area contributed by atoms with Crippen molar-refractivity contribution in [3.05, 3.63) is 313 Å². The van der Waals surface area contributed by atoms with Gasteiger partial charge in [-0.15, -0.1) is 0 Å². The summed E-state index contributed by atoms with van der Waals surface area (Å²) in [5.41, 5.74) is 18.0. The fourth-order valence-corrected chi connectivity index (χ4v) is 14.3. The predicted molar refractivity (Wildman–Crippen MR) is 348 cm³/mol.